The highest BCUT2D eigenvalue weighted by Gasteiger charge is 2.43. The lowest BCUT2D eigenvalue weighted by Crippen LogP contribution is -2.44. The largest absolute Gasteiger partial charge is 0.499 e. The van der Waals surface area contributed by atoms with Gasteiger partial charge < -0.3 is 0 Å². The highest BCUT2D eigenvalue weighted by Crippen LogP contribution is 2.39. The fraction of sp³-hybridized carbons (Fsp3) is 0.143. The summed E-state index contributed by atoms with van der Waals surface area (Å²) in [5.74, 6) is 4.65. The molecular formula is C7H5F3N4O4. The lowest BCUT2D eigenvalue weighted by molar-refractivity contribution is -0.393. The van der Waals surface area contributed by atoms with Gasteiger partial charge in [0.15, 0.2) is 0 Å². The first kappa shape index (κ1) is 13.6. The van der Waals surface area contributed by atoms with Crippen molar-refractivity contribution in [3.63, 3.8) is 0 Å². The average Bonchev–Trinajstić information content (AvgIpc) is 2.25. The summed E-state index contributed by atoms with van der Waals surface area (Å²) in [6.45, 7) is 0. The number of hydrazine groups is 1. The number of rotatable bonds is 3. The van der Waals surface area contributed by atoms with Crippen LogP contribution in [0.4, 0.5) is 30.2 Å². The zero-order valence-electron chi connectivity index (χ0n) is 8.42. The molecule has 0 aliphatic heterocycles. The Hall–Kier alpha value is -2.43. The molecule has 0 saturated carbocycles. The lowest BCUT2D eigenvalue weighted by Gasteiger charge is -2.20. The number of para-hydroxylation sites is 1. The minimum Gasteiger partial charge on any atom is -0.258 e. The quantitative estimate of drug-likeness (QED) is 0.385. The molecule has 0 unspecified atom stereocenters. The van der Waals surface area contributed by atoms with E-state index in [9.17, 15) is 33.4 Å². The van der Waals surface area contributed by atoms with Crippen molar-refractivity contribution in [3.8, 4) is 0 Å². The second kappa shape index (κ2) is 4.44. The van der Waals surface area contributed by atoms with E-state index in [1.165, 1.54) is 0 Å². The highest BCUT2D eigenvalue weighted by atomic mass is 19.4. The Labute approximate surface area is 96.7 Å². The maximum absolute atomic E-state index is 12.4. The Kier molecular flexibility index (Phi) is 3.37. The SMILES string of the molecule is NN(c1c([N+](=O)[O-])cccc1[N+](=O)[O-])C(F)(F)F. The molecule has 2 N–H and O–H groups in total. The molecule has 11 heteroatoms. The minimum absolute atomic E-state index is 0.688. The second-order valence-corrected chi connectivity index (χ2v) is 3.00. The van der Waals surface area contributed by atoms with Gasteiger partial charge in [-0.25, -0.2) is 10.9 Å². The molecule has 1 aromatic carbocycles. The predicted octanol–water partition coefficient (Wildman–Crippen LogP) is 1.70. The van der Waals surface area contributed by atoms with E-state index in [1.807, 2.05) is 0 Å². The Morgan fingerprint density at radius 3 is 1.78 bits per heavy atom. The molecule has 1 rings (SSSR count). The second-order valence-electron chi connectivity index (χ2n) is 3.00. The van der Waals surface area contributed by atoms with Crippen molar-refractivity contribution in [3.05, 3.63) is 38.4 Å². The first-order valence-corrected chi connectivity index (χ1v) is 4.19. The van der Waals surface area contributed by atoms with Crippen molar-refractivity contribution in [2.75, 3.05) is 5.01 Å². The van der Waals surface area contributed by atoms with Crippen LogP contribution in [0, 0.1) is 20.2 Å². The molecule has 8 nitrogen and oxygen atoms in total. The fourth-order valence-electron chi connectivity index (χ4n) is 1.19. The van der Waals surface area contributed by atoms with E-state index in [-0.39, 0.29) is 0 Å². The Bertz CT molecular complexity index is 472. The van der Waals surface area contributed by atoms with Gasteiger partial charge in [0, 0.05) is 12.1 Å². The third kappa shape index (κ3) is 2.45. The number of benzene rings is 1. The summed E-state index contributed by atoms with van der Waals surface area (Å²) in [6, 6.07) is 2.27. The number of anilines is 1. The van der Waals surface area contributed by atoms with Gasteiger partial charge >= 0.3 is 17.7 Å². The molecule has 0 aromatic heterocycles. The molecule has 0 bridgehead atoms. The van der Waals surface area contributed by atoms with Crippen LogP contribution in [-0.4, -0.2) is 16.1 Å². The summed E-state index contributed by atoms with van der Waals surface area (Å²) < 4.78 is 37.1. The van der Waals surface area contributed by atoms with Crippen LogP contribution >= 0.6 is 0 Å². The highest BCUT2D eigenvalue weighted by molar-refractivity contribution is 5.74. The summed E-state index contributed by atoms with van der Waals surface area (Å²) >= 11 is 0. The van der Waals surface area contributed by atoms with Crippen molar-refractivity contribution < 1.29 is 23.0 Å². The topological polar surface area (TPSA) is 116 Å². The standard InChI is InChI=1S/C7H5F3N4O4/c8-7(9,10)12(11)6-4(13(15)16)2-1-3-5(6)14(17)18/h1-3H,11H2. The number of alkyl halides is 3. The number of hydrogen-bond acceptors (Lipinski definition) is 6. The Morgan fingerprint density at radius 2 is 1.50 bits per heavy atom. The van der Waals surface area contributed by atoms with Crippen LogP contribution in [0.15, 0.2) is 18.2 Å². The number of nitro groups is 2. The van der Waals surface area contributed by atoms with Gasteiger partial charge in [0.25, 0.3) is 0 Å². The number of nitrogens with two attached hydrogens (primary N) is 1. The van der Waals surface area contributed by atoms with Gasteiger partial charge in [-0.05, 0) is 6.07 Å². The smallest absolute Gasteiger partial charge is 0.258 e. The molecule has 1 aromatic rings. The summed E-state index contributed by atoms with van der Waals surface area (Å²) in [6.07, 6.45) is -5.18. The van der Waals surface area contributed by atoms with Gasteiger partial charge in [-0.3, -0.25) is 20.2 Å². The lowest BCUT2D eigenvalue weighted by atomic mass is 10.2. The first-order chi connectivity index (χ1) is 8.16. The zero-order chi connectivity index (χ0) is 14.1. The van der Waals surface area contributed by atoms with Gasteiger partial charge in [0.2, 0.25) is 5.69 Å². The fourth-order valence-corrected chi connectivity index (χ4v) is 1.19. The molecule has 98 valence electrons. The van der Waals surface area contributed by atoms with E-state index in [2.05, 4.69) is 5.84 Å². The maximum atomic E-state index is 12.4. The molecule has 0 amide bonds. The first-order valence-electron chi connectivity index (χ1n) is 4.19. The third-order valence-electron chi connectivity index (χ3n) is 1.90. The molecule has 18 heavy (non-hydrogen) atoms. The Balaban J connectivity index is 3.55. The Morgan fingerprint density at radius 1 is 1.11 bits per heavy atom. The van der Waals surface area contributed by atoms with Crippen molar-refractivity contribution in [2.45, 2.75) is 6.30 Å². The van der Waals surface area contributed by atoms with E-state index < -0.39 is 38.2 Å². The minimum atomic E-state index is -5.18. The molecule has 0 aliphatic rings. The van der Waals surface area contributed by atoms with E-state index in [0.717, 1.165) is 6.07 Å². The van der Waals surface area contributed by atoms with Crippen LogP contribution < -0.4 is 10.9 Å². The zero-order valence-corrected chi connectivity index (χ0v) is 8.42. The van der Waals surface area contributed by atoms with Crippen LogP contribution in [0.25, 0.3) is 0 Å². The number of nitrogens with zero attached hydrogens (tertiary/aromatic N) is 3. The molecule has 0 aliphatic carbocycles. The van der Waals surface area contributed by atoms with Crippen LogP contribution in [0.1, 0.15) is 0 Å². The number of halogens is 3. The number of nitro benzene ring substituents is 2. The molecule has 0 atom stereocenters. The van der Waals surface area contributed by atoms with Crippen LogP contribution in [0.3, 0.4) is 0 Å². The van der Waals surface area contributed by atoms with Crippen molar-refractivity contribution in [2.24, 2.45) is 5.84 Å². The van der Waals surface area contributed by atoms with Crippen molar-refractivity contribution in [1.82, 2.24) is 0 Å². The van der Waals surface area contributed by atoms with Crippen molar-refractivity contribution in [1.29, 1.82) is 0 Å². The monoisotopic (exact) mass is 266 g/mol. The summed E-state index contributed by atoms with van der Waals surface area (Å²) in [5.41, 5.74) is -3.53. The van der Waals surface area contributed by atoms with E-state index in [0.29, 0.717) is 12.1 Å². The molecule has 0 fully saturated rings. The third-order valence-corrected chi connectivity index (χ3v) is 1.90. The van der Waals surface area contributed by atoms with Crippen molar-refractivity contribution >= 4 is 17.1 Å². The summed E-state index contributed by atoms with van der Waals surface area (Å²) in [4.78, 5) is 18.7. The maximum Gasteiger partial charge on any atom is 0.499 e. The van der Waals surface area contributed by atoms with E-state index >= 15 is 0 Å². The number of hydrogen-bond donors (Lipinski definition) is 1. The molecule has 0 spiro atoms. The van der Waals surface area contributed by atoms with E-state index in [4.69, 9.17) is 0 Å². The van der Waals surface area contributed by atoms with Gasteiger partial charge in [-0.2, -0.15) is 0 Å². The van der Waals surface area contributed by atoms with E-state index in [1.54, 1.807) is 0 Å². The predicted molar refractivity (Wildman–Crippen MR) is 52.5 cm³/mol. The molecule has 0 heterocycles. The molecular weight excluding hydrogens is 261 g/mol. The summed E-state index contributed by atoms with van der Waals surface area (Å²) in [7, 11) is 0. The van der Waals surface area contributed by atoms with Crippen LogP contribution in [0.2, 0.25) is 0 Å². The molecule has 0 saturated heterocycles. The van der Waals surface area contributed by atoms with Crippen LogP contribution in [0.5, 0.6) is 0 Å². The van der Waals surface area contributed by atoms with Gasteiger partial charge in [-0.15, -0.1) is 13.2 Å². The normalized spacial score (nSPS) is 11.1. The average molecular weight is 266 g/mol. The van der Waals surface area contributed by atoms with Crippen LogP contribution in [-0.2, 0) is 0 Å². The van der Waals surface area contributed by atoms with Gasteiger partial charge in [0.1, 0.15) is 0 Å². The summed E-state index contributed by atoms with van der Waals surface area (Å²) in [5, 5.41) is 20.2. The van der Waals surface area contributed by atoms with Gasteiger partial charge in [0.05, 0.1) is 9.85 Å². The van der Waals surface area contributed by atoms with Gasteiger partial charge in [-0.1, -0.05) is 0 Å². The molecule has 0 radical (unpaired) electrons.